The molecule has 0 aliphatic heterocycles. The van der Waals surface area contributed by atoms with Crippen molar-refractivity contribution in [3.8, 4) is 0 Å². The molecular weight excluding hydrogens is 164 g/mol. The molecule has 5 heteroatoms. The Morgan fingerprint density at radius 1 is 1.33 bits per heavy atom. The highest BCUT2D eigenvalue weighted by Crippen LogP contribution is 2.25. The third kappa shape index (κ3) is 1.62. The summed E-state index contributed by atoms with van der Waals surface area (Å²) < 4.78 is 24.2. The summed E-state index contributed by atoms with van der Waals surface area (Å²) in [6.07, 6.45) is -2.50. The van der Waals surface area contributed by atoms with Crippen LogP contribution in [-0.2, 0) is 0 Å². The Labute approximate surface area is 68.3 Å². The van der Waals surface area contributed by atoms with Crippen LogP contribution in [0.3, 0.4) is 0 Å². The average molecular weight is 173 g/mol. The maximum Gasteiger partial charge on any atom is 0.263 e. The molecule has 0 atom stereocenters. The molecule has 0 spiro atoms. The molecule has 0 aliphatic rings. The van der Waals surface area contributed by atoms with Gasteiger partial charge in [-0.2, -0.15) is 0 Å². The van der Waals surface area contributed by atoms with Gasteiger partial charge in [0.1, 0.15) is 0 Å². The Morgan fingerprint density at radius 3 is 2.50 bits per heavy atom. The van der Waals surface area contributed by atoms with Crippen molar-refractivity contribution < 1.29 is 8.78 Å². The lowest BCUT2D eigenvalue weighted by molar-refractivity contribution is 0.151. The molecule has 0 heterocycles. The molecule has 3 nitrogen and oxygen atoms in total. The molecule has 0 saturated heterocycles. The first-order valence-corrected chi connectivity index (χ1v) is 3.29. The molecule has 1 aromatic carbocycles. The van der Waals surface area contributed by atoms with Crippen molar-refractivity contribution in [2.24, 2.45) is 5.84 Å². The minimum atomic E-state index is -2.50. The molecule has 0 radical (unpaired) electrons. The van der Waals surface area contributed by atoms with E-state index in [-0.39, 0.29) is 5.56 Å². The third-order valence-electron chi connectivity index (χ3n) is 1.48. The maximum atomic E-state index is 12.1. The molecule has 0 bridgehead atoms. The summed E-state index contributed by atoms with van der Waals surface area (Å²) in [4.78, 5) is 0. The van der Waals surface area contributed by atoms with Gasteiger partial charge in [-0.3, -0.25) is 5.84 Å². The second kappa shape index (κ2) is 3.36. The normalized spacial score (nSPS) is 10.3. The predicted octanol–water partition coefficient (Wildman–Crippen LogP) is 1.49. The summed E-state index contributed by atoms with van der Waals surface area (Å²) in [5.41, 5.74) is 8.21. The Bertz CT molecular complexity index is 275. The van der Waals surface area contributed by atoms with Crippen LogP contribution in [0.5, 0.6) is 0 Å². The minimum Gasteiger partial charge on any atom is -0.397 e. The van der Waals surface area contributed by atoms with Gasteiger partial charge < -0.3 is 11.2 Å². The van der Waals surface area contributed by atoms with Gasteiger partial charge in [0.25, 0.3) is 6.43 Å². The zero-order chi connectivity index (χ0) is 9.14. The van der Waals surface area contributed by atoms with E-state index in [1.54, 1.807) is 0 Å². The topological polar surface area (TPSA) is 64.1 Å². The van der Waals surface area contributed by atoms with E-state index >= 15 is 0 Å². The highest BCUT2D eigenvalue weighted by Gasteiger charge is 2.08. The van der Waals surface area contributed by atoms with Gasteiger partial charge in [-0.25, -0.2) is 8.78 Å². The molecule has 0 saturated carbocycles. The average Bonchev–Trinajstić information content (AvgIpc) is 2.05. The second-order valence-corrected chi connectivity index (χ2v) is 2.29. The summed E-state index contributed by atoms with van der Waals surface area (Å²) in [5, 5.41) is 0. The summed E-state index contributed by atoms with van der Waals surface area (Å²) in [6, 6.07) is 3.87. The van der Waals surface area contributed by atoms with Crippen LogP contribution in [0.2, 0.25) is 0 Å². The first-order chi connectivity index (χ1) is 5.65. The lowest BCUT2D eigenvalue weighted by Gasteiger charge is -2.06. The van der Waals surface area contributed by atoms with Crippen LogP contribution < -0.4 is 17.0 Å². The Balaban J connectivity index is 3.05. The number of hydrogen-bond donors (Lipinski definition) is 3. The maximum absolute atomic E-state index is 12.1. The number of nitrogens with two attached hydrogens (primary N) is 2. The van der Waals surface area contributed by atoms with Gasteiger partial charge in [0.15, 0.2) is 0 Å². The van der Waals surface area contributed by atoms with Crippen molar-refractivity contribution in [1.82, 2.24) is 0 Å². The molecule has 66 valence electrons. The van der Waals surface area contributed by atoms with Crippen LogP contribution in [0.4, 0.5) is 20.2 Å². The van der Waals surface area contributed by atoms with Crippen molar-refractivity contribution in [2.45, 2.75) is 6.43 Å². The molecule has 0 aliphatic carbocycles. The molecule has 12 heavy (non-hydrogen) atoms. The second-order valence-electron chi connectivity index (χ2n) is 2.29. The molecular formula is C7H9F2N3. The van der Waals surface area contributed by atoms with E-state index in [4.69, 9.17) is 11.6 Å². The number of nitrogens with one attached hydrogen (secondary N) is 1. The summed E-state index contributed by atoms with van der Waals surface area (Å²) in [6.45, 7) is 0. The number of rotatable bonds is 2. The van der Waals surface area contributed by atoms with Crippen LogP contribution >= 0.6 is 0 Å². The first kappa shape index (κ1) is 8.73. The van der Waals surface area contributed by atoms with E-state index in [2.05, 4.69) is 5.43 Å². The van der Waals surface area contributed by atoms with E-state index in [0.717, 1.165) is 0 Å². The fourth-order valence-corrected chi connectivity index (χ4v) is 0.835. The van der Waals surface area contributed by atoms with Gasteiger partial charge in [0, 0.05) is 5.56 Å². The quantitative estimate of drug-likeness (QED) is 0.360. The van der Waals surface area contributed by atoms with Crippen molar-refractivity contribution in [2.75, 3.05) is 11.2 Å². The van der Waals surface area contributed by atoms with E-state index in [1.165, 1.54) is 18.2 Å². The van der Waals surface area contributed by atoms with Crippen molar-refractivity contribution in [1.29, 1.82) is 0 Å². The number of nitrogen functional groups attached to an aromatic ring is 2. The zero-order valence-corrected chi connectivity index (χ0v) is 6.22. The lowest BCUT2D eigenvalue weighted by Crippen LogP contribution is -2.09. The van der Waals surface area contributed by atoms with Gasteiger partial charge in [-0.05, 0) is 12.1 Å². The van der Waals surface area contributed by atoms with E-state index in [0.29, 0.717) is 11.4 Å². The Hall–Kier alpha value is -1.36. The number of alkyl halides is 2. The van der Waals surface area contributed by atoms with Crippen LogP contribution in [0.25, 0.3) is 0 Å². The van der Waals surface area contributed by atoms with Crippen LogP contribution in [-0.4, -0.2) is 0 Å². The third-order valence-corrected chi connectivity index (χ3v) is 1.48. The van der Waals surface area contributed by atoms with Gasteiger partial charge in [0.05, 0.1) is 11.4 Å². The van der Waals surface area contributed by atoms with Crippen LogP contribution in [0.15, 0.2) is 18.2 Å². The number of hydrazine groups is 1. The molecule has 0 aromatic heterocycles. The molecule has 1 rings (SSSR count). The largest absolute Gasteiger partial charge is 0.397 e. The number of benzene rings is 1. The highest BCUT2D eigenvalue weighted by molar-refractivity contribution is 5.66. The van der Waals surface area contributed by atoms with E-state index in [9.17, 15) is 8.78 Å². The smallest absolute Gasteiger partial charge is 0.263 e. The van der Waals surface area contributed by atoms with Gasteiger partial charge in [0.2, 0.25) is 0 Å². The van der Waals surface area contributed by atoms with Gasteiger partial charge in [-0.1, -0.05) is 6.07 Å². The first-order valence-electron chi connectivity index (χ1n) is 3.29. The van der Waals surface area contributed by atoms with E-state index in [1.807, 2.05) is 0 Å². The fourth-order valence-electron chi connectivity index (χ4n) is 0.835. The van der Waals surface area contributed by atoms with E-state index < -0.39 is 6.43 Å². The summed E-state index contributed by atoms with van der Waals surface area (Å²) >= 11 is 0. The van der Waals surface area contributed by atoms with Gasteiger partial charge >= 0.3 is 0 Å². The minimum absolute atomic E-state index is 0.0999. The number of halogens is 2. The van der Waals surface area contributed by atoms with Crippen molar-refractivity contribution >= 4 is 11.4 Å². The predicted molar refractivity (Wildman–Crippen MR) is 43.6 cm³/mol. The Kier molecular flexibility index (Phi) is 2.44. The molecule has 1 aromatic rings. The van der Waals surface area contributed by atoms with Crippen molar-refractivity contribution in [3.05, 3.63) is 23.8 Å². The monoisotopic (exact) mass is 173 g/mol. The van der Waals surface area contributed by atoms with Crippen LogP contribution in [0, 0.1) is 0 Å². The molecule has 5 N–H and O–H groups in total. The molecule has 0 fully saturated rings. The summed E-state index contributed by atoms with van der Waals surface area (Å²) in [5.74, 6) is 5.04. The highest BCUT2D eigenvalue weighted by atomic mass is 19.3. The number of hydrogen-bond acceptors (Lipinski definition) is 3. The standard InChI is InChI=1S/C7H9F2N3/c8-7(9)4-1-2-5(10)6(3-4)12-11/h1-3,7,12H,10-11H2. The molecule has 0 amide bonds. The SMILES string of the molecule is NNc1cc(C(F)F)ccc1N. The number of anilines is 2. The molecule has 0 unspecified atom stereocenters. The fraction of sp³-hybridized carbons (Fsp3) is 0.143. The lowest BCUT2D eigenvalue weighted by atomic mass is 10.2. The zero-order valence-electron chi connectivity index (χ0n) is 6.22. The van der Waals surface area contributed by atoms with Gasteiger partial charge in [-0.15, -0.1) is 0 Å². The van der Waals surface area contributed by atoms with Crippen LogP contribution in [0.1, 0.15) is 12.0 Å². The van der Waals surface area contributed by atoms with Crippen molar-refractivity contribution in [3.63, 3.8) is 0 Å². The Morgan fingerprint density at radius 2 is 2.00 bits per heavy atom. The summed E-state index contributed by atoms with van der Waals surface area (Å²) in [7, 11) is 0.